The van der Waals surface area contributed by atoms with E-state index in [1.165, 1.54) is 37.3 Å². The van der Waals surface area contributed by atoms with Gasteiger partial charge >= 0.3 is 5.97 Å². The van der Waals surface area contributed by atoms with Crippen molar-refractivity contribution in [3.63, 3.8) is 0 Å². The van der Waals surface area contributed by atoms with Crippen molar-refractivity contribution in [3.05, 3.63) is 83.3 Å². The number of aromatic amines is 1. The first-order valence-corrected chi connectivity index (χ1v) is 9.61. The molecule has 0 atom stereocenters. The zero-order valence-electron chi connectivity index (χ0n) is 16.2. The highest BCUT2D eigenvalue weighted by Crippen LogP contribution is 2.34. The first kappa shape index (κ1) is 20.4. The molecule has 4 rings (SSSR count). The van der Waals surface area contributed by atoms with Gasteiger partial charge in [0.25, 0.3) is 5.91 Å². The number of hydrogen-bond acceptors (Lipinski definition) is 4. The highest BCUT2D eigenvalue weighted by atomic mass is 35.5. The first-order valence-electron chi connectivity index (χ1n) is 9.23. The predicted octanol–water partition coefficient (Wildman–Crippen LogP) is 5.93. The molecule has 0 spiro atoms. The van der Waals surface area contributed by atoms with E-state index in [2.05, 4.69) is 10.3 Å². The number of anilines is 1. The molecule has 2 N–H and O–H groups in total. The molecule has 156 valence electrons. The maximum atomic E-state index is 14.5. The van der Waals surface area contributed by atoms with Crippen LogP contribution in [-0.2, 0) is 4.79 Å². The van der Waals surface area contributed by atoms with Gasteiger partial charge in [0.2, 0.25) is 0 Å². The quantitative estimate of drug-likeness (QED) is 0.299. The maximum Gasteiger partial charge on any atom is 0.308 e. The van der Waals surface area contributed by atoms with Gasteiger partial charge in [-0.25, -0.2) is 4.39 Å². The van der Waals surface area contributed by atoms with Crippen molar-refractivity contribution in [2.24, 2.45) is 0 Å². The van der Waals surface area contributed by atoms with Crippen LogP contribution in [0.4, 0.5) is 10.1 Å². The van der Waals surface area contributed by atoms with Crippen LogP contribution in [0.1, 0.15) is 17.4 Å². The van der Waals surface area contributed by atoms with E-state index < -0.39 is 17.7 Å². The van der Waals surface area contributed by atoms with Gasteiger partial charge < -0.3 is 19.8 Å². The van der Waals surface area contributed by atoms with Gasteiger partial charge in [-0.3, -0.25) is 9.59 Å². The standard InChI is InChI=1S/C23H16ClFN2O4/c1-13(28)30-16-7-9-21(17(24)12-16)31-22-8-6-15(11-18(22)25)26-23(29)20-10-14-4-2-3-5-19(14)27-20/h2-12,27H,1H3,(H,26,29). The fourth-order valence-electron chi connectivity index (χ4n) is 2.97. The predicted molar refractivity (Wildman–Crippen MR) is 115 cm³/mol. The number of aromatic nitrogens is 1. The molecule has 4 aromatic rings. The minimum atomic E-state index is -0.686. The summed E-state index contributed by atoms with van der Waals surface area (Å²) in [5.74, 6) is -1.21. The Balaban J connectivity index is 1.48. The average molecular weight is 439 g/mol. The SMILES string of the molecule is CC(=O)Oc1ccc(Oc2ccc(NC(=O)c3cc4ccccc4[nH]3)cc2F)c(Cl)c1. The molecule has 0 radical (unpaired) electrons. The molecule has 0 saturated heterocycles. The van der Waals surface area contributed by atoms with E-state index in [0.29, 0.717) is 5.69 Å². The molecule has 6 nitrogen and oxygen atoms in total. The second kappa shape index (κ2) is 8.49. The normalized spacial score (nSPS) is 10.7. The number of H-pyrrole nitrogens is 1. The zero-order chi connectivity index (χ0) is 22.0. The Morgan fingerprint density at radius 2 is 1.77 bits per heavy atom. The Kier molecular flexibility index (Phi) is 5.60. The average Bonchev–Trinajstić information content (AvgIpc) is 3.16. The number of hydrogen-bond donors (Lipinski definition) is 2. The van der Waals surface area contributed by atoms with E-state index in [-0.39, 0.29) is 28.0 Å². The summed E-state index contributed by atoms with van der Waals surface area (Å²) in [4.78, 5) is 26.5. The van der Waals surface area contributed by atoms with Crippen molar-refractivity contribution >= 4 is 40.1 Å². The third kappa shape index (κ3) is 4.67. The largest absolute Gasteiger partial charge is 0.453 e. The molecular formula is C23H16ClFN2O4. The number of amides is 1. The summed E-state index contributed by atoms with van der Waals surface area (Å²) in [7, 11) is 0. The Morgan fingerprint density at radius 3 is 2.48 bits per heavy atom. The number of benzene rings is 3. The number of rotatable bonds is 5. The summed E-state index contributed by atoms with van der Waals surface area (Å²) in [6, 6.07) is 17.6. The molecule has 0 aliphatic rings. The monoisotopic (exact) mass is 438 g/mol. The fraction of sp³-hybridized carbons (Fsp3) is 0.0435. The Labute approximate surface area is 181 Å². The van der Waals surface area contributed by atoms with Crippen LogP contribution in [0, 0.1) is 5.82 Å². The van der Waals surface area contributed by atoms with E-state index in [4.69, 9.17) is 21.1 Å². The molecule has 0 unspecified atom stereocenters. The highest BCUT2D eigenvalue weighted by Gasteiger charge is 2.13. The van der Waals surface area contributed by atoms with Crippen molar-refractivity contribution in [1.82, 2.24) is 4.98 Å². The van der Waals surface area contributed by atoms with Crippen LogP contribution in [0.5, 0.6) is 17.2 Å². The van der Waals surface area contributed by atoms with Crippen molar-refractivity contribution in [1.29, 1.82) is 0 Å². The van der Waals surface area contributed by atoms with E-state index in [9.17, 15) is 14.0 Å². The second-order valence-electron chi connectivity index (χ2n) is 6.66. The summed E-state index contributed by atoms with van der Waals surface area (Å²) >= 11 is 6.12. The fourth-order valence-corrected chi connectivity index (χ4v) is 3.18. The molecular weight excluding hydrogens is 423 g/mol. The molecule has 1 heterocycles. The molecule has 0 bridgehead atoms. The van der Waals surface area contributed by atoms with Gasteiger partial charge in [0.1, 0.15) is 17.2 Å². The second-order valence-corrected chi connectivity index (χ2v) is 7.06. The third-order valence-electron chi connectivity index (χ3n) is 4.35. The molecule has 0 aliphatic carbocycles. The van der Waals surface area contributed by atoms with Crippen LogP contribution in [0.25, 0.3) is 10.9 Å². The number of carbonyl (C=O) groups excluding carboxylic acids is 2. The topological polar surface area (TPSA) is 80.4 Å². The summed E-state index contributed by atoms with van der Waals surface area (Å²) in [6.45, 7) is 1.27. The van der Waals surface area contributed by atoms with Crippen molar-refractivity contribution in [2.75, 3.05) is 5.32 Å². The van der Waals surface area contributed by atoms with E-state index in [1.54, 1.807) is 6.07 Å². The lowest BCUT2D eigenvalue weighted by Gasteiger charge is -2.11. The van der Waals surface area contributed by atoms with Crippen molar-refractivity contribution < 1.29 is 23.5 Å². The lowest BCUT2D eigenvalue weighted by atomic mass is 10.2. The van der Waals surface area contributed by atoms with E-state index >= 15 is 0 Å². The van der Waals surface area contributed by atoms with Crippen molar-refractivity contribution in [3.8, 4) is 17.2 Å². The molecule has 8 heteroatoms. The van der Waals surface area contributed by atoms with E-state index in [0.717, 1.165) is 17.0 Å². The smallest absolute Gasteiger partial charge is 0.308 e. The van der Waals surface area contributed by atoms with Crippen LogP contribution >= 0.6 is 11.6 Å². The van der Waals surface area contributed by atoms with Gasteiger partial charge in [0, 0.05) is 35.6 Å². The minimum absolute atomic E-state index is 0.0780. The Bertz CT molecular complexity index is 1270. The first-order chi connectivity index (χ1) is 14.9. The summed E-state index contributed by atoms with van der Waals surface area (Å²) in [5, 5.41) is 3.70. The molecule has 31 heavy (non-hydrogen) atoms. The number of carbonyl (C=O) groups is 2. The number of nitrogens with one attached hydrogen (secondary N) is 2. The summed E-state index contributed by atoms with van der Waals surface area (Å²) < 4.78 is 25.0. The van der Waals surface area contributed by atoms with Gasteiger partial charge in [-0.15, -0.1) is 0 Å². The van der Waals surface area contributed by atoms with Gasteiger partial charge in [0.15, 0.2) is 11.6 Å². The summed E-state index contributed by atoms with van der Waals surface area (Å²) in [6.07, 6.45) is 0. The highest BCUT2D eigenvalue weighted by molar-refractivity contribution is 6.32. The Hall–Kier alpha value is -3.84. The third-order valence-corrected chi connectivity index (χ3v) is 4.64. The van der Waals surface area contributed by atoms with Gasteiger partial charge in [-0.1, -0.05) is 29.8 Å². The summed E-state index contributed by atoms with van der Waals surface area (Å²) in [5.41, 5.74) is 1.46. The molecule has 0 fully saturated rings. The number of para-hydroxylation sites is 1. The Morgan fingerprint density at radius 1 is 1.00 bits per heavy atom. The van der Waals surface area contributed by atoms with Gasteiger partial charge in [-0.2, -0.15) is 0 Å². The lowest BCUT2D eigenvalue weighted by Crippen LogP contribution is -2.12. The molecule has 1 amide bonds. The van der Waals surface area contributed by atoms with Crippen LogP contribution in [0.3, 0.4) is 0 Å². The van der Waals surface area contributed by atoms with Gasteiger partial charge in [0.05, 0.1) is 5.02 Å². The maximum absolute atomic E-state index is 14.5. The van der Waals surface area contributed by atoms with E-state index in [1.807, 2.05) is 24.3 Å². The number of ether oxygens (including phenoxy) is 2. The number of fused-ring (bicyclic) bond motifs is 1. The zero-order valence-corrected chi connectivity index (χ0v) is 17.0. The molecule has 1 aromatic heterocycles. The number of esters is 1. The molecule has 0 saturated carbocycles. The van der Waals surface area contributed by atoms with Crippen molar-refractivity contribution in [2.45, 2.75) is 6.92 Å². The van der Waals surface area contributed by atoms with Gasteiger partial charge in [-0.05, 0) is 36.4 Å². The van der Waals surface area contributed by atoms with Crippen LogP contribution in [0.2, 0.25) is 5.02 Å². The van der Waals surface area contributed by atoms with Crippen LogP contribution in [0.15, 0.2) is 66.7 Å². The van der Waals surface area contributed by atoms with Crippen LogP contribution in [-0.4, -0.2) is 16.9 Å². The minimum Gasteiger partial charge on any atom is -0.453 e. The molecule has 3 aromatic carbocycles. The number of halogens is 2. The molecule has 0 aliphatic heterocycles. The van der Waals surface area contributed by atoms with Crippen LogP contribution < -0.4 is 14.8 Å². The lowest BCUT2D eigenvalue weighted by molar-refractivity contribution is -0.131.